The molecule has 0 amide bonds. The monoisotopic (exact) mass is 321 g/mol. The van der Waals surface area contributed by atoms with Crippen LogP contribution in [0.4, 0.5) is 4.39 Å². The van der Waals surface area contributed by atoms with Gasteiger partial charge in [0.1, 0.15) is 6.61 Å². The highest BCUT2D eigenvalue weighted by Gasteiger charge is 2.37. The Balaban J connectivity index is 1.89. The lowest BCUT2D eigenvalue weighted by Gasteiger charge is -2.34. The van der Waals surface area contributed by atoms with E-state index in [2.05, 4.69) is 0 Å². The number of ether oxygens (including phenoxy) is 2. The molecular formula is C17H20FNO4. The smallest absolute Gasteiger partial charge is 0.308 e. The highest BCUT2D eigenvalue weighted by molar-refractivity contribution is 5.72. The molecular weight excluding hydrogens is 301 g/mol. The van der Waals surface area contributed by atoms with Crippen molar-refractivity contribution in [2.45, 2.75) is 38.2 Å². The van der Waals surface area contributed by atoms with Gasteiger partial charge < -0.3 is 14.6 Å². The molecule has 1 aliphatic rings. The number of carbonyl (C=O) groups excluding carboxylic acids is 1. The molecule has 0 bridgehead atoms. The lowest BCUT2D eigenvalue weighted by molar-refractivity contribution is -0.151. The van der Waals surface area contributed by atoms with Crippen molar-refractivity contribution in [1.82, 2.24) is 0 Å². The first-order valence-electron chi connectivity index (χ1n) is 7.69. The van der Waals surface area contributed by atoms with E-state index >= 15 is 0 Å². The van der Waals surface area contributed by atoms with E-state index in [1.807, 2.05) is 6.07 Å². The first-order chi connectivity index (χ1) is 11.0. The number of hydrogen-bond acceptors (Lipinski definition) is 5. The van der Waals surface area contributed by atoms with Gasteiger partial charge in [-0.15, -0.1) is 0 Å². The fourth-order valence-electron chi connectivity index (χ4n) is 2.69. The summed E-state index contributed by atoms with van der Waals surface area (Å²) in [7, 11) is 0. The topological polar surface area (TPSA) is 79.6 Å². The molecule has 0 aromatic heterocycles. The maximum Gasteiger partial charge on any atom is 0.308 e. The molecule has 0 atom stereocenters. The molecule has 0 radical (unpaired) electrons. The molecule has 124 valence electrons. The van der Waals surface area contributed by atoms with E-state index in [9.17, 15) is 14.3 Å². The van der Waals surface area contributed by atoms with Crippen LogP contribution in [0.5, 0.6) is 5.75 Å². The van der Waals surface area contributed by atoms with Gasteiger partial charge in [-0.05, 0) is 50.8 Å². The Kier molecular flexibility index (Phi) is 5.56. The van der Waals surface area contributed by atoms with Crippen molar-refractivity contribution in [1.29, 1.82) is 5.26 Å². The number of halogens is 1. The van der Waals surface area contributed by atoms with E-state index in [-0.39, 0.29) is 29.8 Å². The molecule has 1 aromatic rings. The number of carbonyl (C=O) groups is 1. The molecule has 1 saturated carbocycles. The van der Waals surface area contributed by atoms with Crippen molar-refractivity contribution in [2.75, 3.05) is 13.2 Å². The van der Waals surface area contributed by atoms with Crippen molar-refractivity contribution in [3.63, 3.8) is 0 Å². The number of aliphatic hydroxyl groups is 1. The largest absolute Gasteiger partial charge is 0.488 e. The first kappa shape index (κ1) is 17.2. The van der Waals surface area contributed by atoms with Crippen LogP contribution in [0.15, 0.2) is 18.2 Å². The second kappa shape index (κ2) is 7.42. The number of benzene rings is 1. The lowest BCUT2D eigenvalue weighted by Crippen LogP contribution is -2.41. The van der Waals surface area contributed by atoms with Gasteiger partial charge in [0.05, 0.1) is 29.8 Å². The summed E-state index contributed by atoms with van der Waals surface area (Å²) in [4.78, 5) is 11.7. The normalized spacial score (nSPS) is 23.8. The number of nitriles is 1. The molecule has 5 nitrogen and oxygen atoms in total. The summed E-state index contributed by atoms with van der Waals surface area (Å²) in [6.07, 6.45) is 1.84. The predicted molar refractivity (Wildman–Crippen MR) is 80.2 cm³/mol. The van der Waals surface area contributed by atoms with Crippen molar-refractivity contribution in [3.05, 3.63) is 29.6 Å². The Hall–Kier alpha value is -2.13. The molecule has 0 aliphatic heterocycles. The highest BCUT2D eigenvalue weighted by atomic mass is 19.1. The van der Waals surface area contributed by atoms with Gasteiger partial charge in [-0.2, -0.15) is 5.26 Å². The third-order valence-corrected chi connectivity index (χ3v) is 4.09. The van der Waals surface area contributed by atoms with Crippen LogP contribution in [-0.2, 0) is 9.53 Å². The summed E-state index contributed by atoms with van der Waals surface area (Å²) < 4.78 is 24.1. The van der Waals surface area contributed by atoms with Crippen LogP contribution in [0, 0.1) is 23.1 Å². The quantitative estimate of drug-likeness (QED) is 0.843. The standard InChI is InChI=1S/C17H20FNO4/c1-2-22-16(20)13-5-7-17(21,8-6-13)11-23-15-4-3-12(10-19)9-14(15)18/h3-4,9,13,21H,2,5-8,11H2,1H3. The van der Waals surface area contributed by atoms with Crippen LogP contribution in [0.25, 0.3) is 0 Å². The molecule has 0 heterocycles. The predicted octanol–water partition coefficient (Wildman–Crippen LogP) is 2.56. The van der Waals surface area contributed by atoms with Gasteiger partial charge in [0.15, 0.2) is 11.6 Å². The summed E-state index contributed by atoms with van der Waals surface area (Å²) in [5, 5.41) is 19.2. The average Bonchev–Trinajstić information content (AvgIpc) is 2.54. The number of rotatable bonds is 5. The number of esters is 1. The minimum Gasteiger partial charge on any atom is -0.488 e. The van der Waals surface area contributed by atoms with Crippen molar-refractivity contribution >= 4 is 5.97 Å². The summed E-state index contributed by atoms with van der Waals surface area (Å²) in [5.41, 5.74) is -0.868. The van der Waals surface area contributed by atoms with E-state index in [0.29, 0.717) is 32.3 Å². The van der Waals surface area contributed by atoms with E-state index in [0.717, 1.165) is 6.07 Å². The number of nitrogens with zero attached hydrogens (tertiary/aromatic N) is 1. The number of hydrogen-bond donors (Lipinski definition) is 1. The highest BCUT2D eigenvalue weighted by Crippen LogP contribution is 2.33. The van der Waals surface area contributed by atoms with Gasteiger partial charge in [-0.1, -0.05) is 0 Å². The van der Waals surface area contributed by atoms with Gasteiger partial charge in [0, 0.05) is 0 Å². The van der Waals surface area contributed by atoms with Crippen molar-refractivity contribution in [2.24, 2.45) is 5.92 Å². The Labute approximate surface area is 134 Å². The summed E-state index contributed by atoms with van der Waals surface area (Å²) in [6, 6.07) is 5.77. The summed E-state index contributed by atoms with van der Waals surface area (Å²) in [5.74, 6) is -1.05. The zero-order valence-corrected chi connectivity index (χ0v) is 13.0. The van der Waals surface area contributed by atoms with Crippen molar-refractivity contribution < 1.29 is 23.8 Å². The third-order valence-electron chi connectivity index (χ3n) is 4.09. The maximum atomic E-state index is 13.7. The molecule has 1 aromatic carbocycles. The fraction of sp³-hybridized carbons (Fsp3) is 0.529. The Morgan fingerprint density at radius 2 is 2.17 bits per heavy atom. The average molecular weight is 321 g/mol. The second-order valence-corrected chi connectivity index (χ2v) is 5.80. The van der Waals surface area contributed by atoms with Crippen LogP contribution in [0.1, 0.15) is 38.2 Å². The minimum atomic E-state index is -1.08. The van der Waals surface area contributed by atoms with E-state index in [1.165, 1.54) is 12.1 Å². The zero-order valence-electron chi connectivity index (χ0n) is 13.0. The van der Waals surface area contributed by atoms with Crippen LogP contribution in [-0.4, -0.2) is 29.9 Å². The van der Waals surface area contributed by atoms with Crippen LogP contribution >= 0.6 is 0 Å². The molecule has 23 heavy (non-hydrogen) atoms. The second-order valence-electron chi connectivity index (χ2n) is 5.80. The van der Waals surface area contributed by atoms with E-state index < -0.39 is 11.4 Å². The molecule has 0 spiro atoms. The van der Waals surface area contributed by atoms with E-state index in [4.69, 9.17) is 14.7 Å². The van der Waals surface area contributed by atoms with Crippen LogP contribution in [0.3, 0.4) is 0 Å². The van der Waals surface area contributed by atoms with E-state index in [1.54, 1.807) is 6.92 Å². The molecule has 1 aliphatic carbocycles. The zero-order chi connectivity index (χ0) is 16.9. The summed E-state index contributed by atoms with van der Waals surface area (Å²) >= 11 is 0. The molecule has 0 saturated heterocycles. The van der Waals surface area contributed by atoms with Gasteiger partial charge in [0.2, 0.25) is 0 Å². The minimum absolute atomic E-state index is 0.00458. The lowest BCUT2D eigenvalue weighted by atomic mass is 9.79. The van der Waals surface area contributed by atoms with Crippen LogP contribution in [0.2, 0.25) is 0 Å². The van der Waals surface area contributed by atoms with Gasteiger partial charge in [0.25, 0.3) is 0 Å². The molecule has 6 heteroatoms. The molecule has 1 fully saturated rings. The third kappa shape index (κ3) is 4.42. The fourth-order valence-corrected chi connectivity index (χ4v) is 2.69. The van der Waals surface area contributed by atoms with Gasteiger partial charge >= 0.3 is 5.97 Å². The Morgan fingerprint density at radius 1 is 1.48 bits per heavy atom. The summed E-state index contributed by atoms with van der Waals surface area (Å²) in [6.45, 7) is 2.06. The SMILES string of the molecule is CCOC(=O)C1CCC(O)(COc2ccc(C#N)cc2F)CC1. The Bertz CT molecular complexity index is 603. The van der Waals surface area contributed by atoms with Gasteiger partial charge in [-0.25, -0.2) is 4.39 Å². The molecule has 0 unspecified atom stereocenters. The molecule has 1 N–H and O–H groups in total. The maximum absolute atomic E-state index is 13.7. The van der Waals surface area contributed by atoms with Gasteiger partial charge in [-0.3, -0.25) is 4.79 Å². The van der Waals surface area contributed by atoms with Crippen molar-refractivity contribution in [3.8, 4) is 11.8 Å². The molecule has 2 rings (SSSR count). The Morgan fingerprint density at radius 3 is 2.74 bits per heavy atom. The van der Waals surface area contributed by atoms with Crippen LogP contribution < -0.4 is 4.74 Å². The first-order valence-corrected chi connectivity index (χ1v) is 7.69.